The monoisotopic (exact) mass is 738 g/mol. The van der Waals surface area contributed by atoms with E-state index < -0.39 is 0 Å². The van der Waals surface area contributed by atoms with Gasteiger partial charge in [-0.05, 0) is 59.7 Å². The molecule has 0 aliphatic carbocycles. The summed E-state index contributed by atoms with van der Waals surface area (Å²) in [6.07, 6.45) is 8.29. The lowest BCUT2D eigenvalue weighted by molar-refractivity contribution is -0.961. The molecule has 270 valence electrons. The number of carbonyl (C=O) groups is 2. The summed E-state index contributed by atoms with van der Waals surface area (Å²) < 4.78 is 14.0. The summed E-state index contributed by atoms with van der Waals surface area (Å²) in [5.41, 5.74) is 6.29. The van der Waals surface area contributed by atoms with Crippen molar-refractivity contribution in [3.05, 3.63) is 129 Å². The number of rotatable bonds is 9. The van der Waals surface area contributed by atoms with Gasteiger partial charge in [-0.3, -0.25) is 0 Å². The van der Waals surface area contributed by atoms with Gasteiger partial charge in [-0.15, -0.1) is 0 Å². The highest BCUT2D eigenvalue weighted by Crippen LogP contribution is 2.45. The molecule has 4 bridgehead atoms. The van der Waals surface area contributed by atoms with Crippen LogP contribution in [0.5, 0.6) is 0 Å². The molecule has 0 spiro atoms. The summed E-state index contributed by atoms with van der Waals surface area (Å²) in [6, 6.07) is 34.1. The molecule has 6 nitrogen and oxygen atoms in total. The molecule has 4 atom stereocenters. The van der Waals surface area contributed by atoms with Crippen LogP contribution >= 0.6 is 23.2 Å². The van der Waals surface area contributed by atoms with Crippen LogP contribution in [0.2, 0.25) is 10.0 Å². The van der Waals surface area contributed by atoms with Gasteiger partial charge in [0.15, 0.2) is 0 Å². The lowest BCUT2D eigenvalue weighted by atomic mass is 9.94. The van der Waals surface area contributed by atoms with E-state index in [0.29, 0.717) is 45.3 Å². The Labute approximate surface area is 317 Å². The maximum Gasteiger partial charge on any atom is 0.338 e. The van der Waals surface area contributed by atoms with E-state index in [-0.39, 0.29) is 24.1 Å². The first-order chi connectivity index (χ1) is 25.1. The van der Waals surface area contributed by atoms with Gasteiger partial charge in [-0.2, -0.15) is 0 Å². The number of hydrogen-bond acceptors (Lipinski definition) is 4. The van der Waals surface area contributed by atoms with Crippen LogP contribution in [-0.2, 0) is 22.6 Å². The highest BCUT2D eigenvalue weighted by atomic mass is 35.5. The van der Waals surface area contributed by atoms with Crippen molar-refractivity contribution in [3.8, 4) is 11.1 Å². The molecule has 0 aromatic heterocycles. The molecule has 4 heterocycles. The third-order valence-corrected chi connectivity index (χ3v) is 13.6. The first kappa shape index (κ1) is 35.4. The van der Waals surface area contributed by atoms with Crippen molar-refractivity contribution in [2.45, 2.75) is 101 Å². The minimum atomic E-state index is -0.251. The van der Waals surface area contributed by atoms with Crippen molar-refractivity contribution in [3.63, 3.8) is 0 Å². The van der Waals surface area contributed by atoms with Crippen LogP contribution in [0, 0.1) is 0 Å². The molecule has 4 saturated heterocycles. The number of piperidine rings is 2. The molecule has 8 heteroatoms. The average Bonchev–Trinajstić information content (AvgIpc) is 3.37. The second-order valence-corrected chi connectivity index (χ2v) is 17.1. The van der Waals surface area contributed by atoms with Gasteiger partial charge in [0.1, 0.15) is 25.3 Å². The van der Waals surface area contributed by atoms with Crippen molar-refractivity contribution in [1.29, 1.82) is 0 Å². The molecule has 4 aliphatic heterocycles. The van der Waals surface area contributed by atoms with Crippen molar-refractivity contribution >= 4 is 35.1 Å². The summed E-state index contributed by atoms with van der Waals surface area (Å²) in [6.45, 7) is 1.98. The predicted molar refractivity (Wildman–Crippen MR) is 205 cm³/mol. The van der Waals surface area contributed by atoms with E-state index >= 15 is 0 Å². The fraction of sp³-hybridized carbons (Fsp3) is 0.409. The third kappa shape index (κ3) is 7.03. The lowest BCUT2D eigenvalue weighted by Gasteiger charge is -2.47. The maximum atomic E-state index is 12.8. The molecule has 52 heavy (non-hydrogen) atoms. The molecule has 4 fully saturated rings. The largest absolute Gasteiger partial charge is 0.458 e. The minimum absolute atomic E-state index is 0.0331. The second kappa shape index (κ2) is 14.3. The van der Waals surface area contributed by atoms with E-state index in [1.807, 2.05) is 0 Å². The van der Waals surface area contributed by atoms with Gasteiger partial charge in [0.05, 0.1) is 49.4 Å². The first-order valence-electron chi connectivity index (χ1n) is 18.9. The third-order valence-electron chi connectivity index (χ3n) is 13.1. The molecule has 0 amide bonds. The smallest absolute Gasteiger partial charge is 0.338 e. The van der Waals surface area contributed by atoms with Gasteiger partial charge in [0.2, 0.25) is 0 Å². The van der Waals surface area contributed by atoms with Gasteiger partial charge in [0.25, 0.3) is 0 Å². The van der Waals surface area contributed by atoms with Crippen molar-refractivity contribution in [2.24, 2.45) is 0 Å². The van der Waals surface area contributed by atoms with E-state index in [1.165, 1.54) is 47.9 Å². The summed E-state index contributed by atoms with van der Waals surface area (Å²) in [7, 11) is 4.80. The Morgan fingerprint density at radius 1 is 0.519 bits per heavy atom. The zero-order valence-corrected chi connectivity index (χ0v) is 31.6. The summed E-state index contributed by atoms with van der Waals surface area (Å²) in [4.78, 5) is 25.6. The standard InChI is InChI=1S/C44H48Cl2N2O4/c1-47(37-19-20-38(47)24-41(23-37)51-43(49)33-11-15-35(45)16-12-33)27-29-3-7-31(8-4-29)32-9-5-30(6-10-32)28-48(2)39-21-22-40(48)26-42(25-39)52-44(50)34-13-17-36(46)18-14-34/h3-18,37-42H,19-28H2,1-2H3/q+2. The van der Waals surface area contributed by atoms with Crippen molar-refractivity contribution < 1.29 is 28.0 Å². The zero-order valence-electron chi connectivity index (χ0n) is 30.1. The molecular formula is C44H48Cl2N2O4+2. The molecule has 0 N–H and O–H groups in total. The maximum absolute atomic E-state index is 12.8. The summed E-state index contributed by atoms with van der Waals surface area (Å²) >= 11 is 12.0. The van der Waals surface area contributed by atoms with Crippen molar-refractivity contribution in [1.82, 2.24) is 0 Å². The number of quaternary nitrogens is 2. The average molecular weight is 740 g/mol. The van der Waals surface area contributed by atoms with E-state index in [1.54, 1.807) is 48.5 Å². The normalized spacial score (nSPS) is 30.5. The number of esters is 2. The van der Waals surface area contributed by atoms with Crippen molar-refractivity contribution in [2.75, 3.05) is 14.1 Å². The van der Waals surface area contributed by atoms with Gasteiger partial charge >= 0.3 is 11.9 Å². The SMILES string of the molecule is C[N+]1(Cc2ccc(-c3ccc(C[N+]4(C)C5CCC4CC(OC(=O)c4ccc(Cl)cc4)C5)cc3)cc2)C2CCC1CC(OC(=O)c1ccc(Cl)cc1)C2. The number of fused-ring (bicyclic) bond motifs is 4. The molecule has 4 aliphatic rings. The van der Waals surface area contributed by atoms with Crippen LogP contribution in [0.4, 0.5) is 0 Å². The van der Waals surface area contributed by atoms with E-state index in [0.717, 1.165) is 47.7 Å². The zero-order chi connectivity index (χ0) is 36.0. The van der Waals surface area contributed by atoms with Gasteiger partial charge in [-0.25, -0.2) is 9.59 Å². The second-order valence-electron chi connectivity index (χ2n) is 16.2. The molecule has 0 radical (unpaired) electrons. The Morgan fingerprint density at radius 2 is 0.827 bits per heavy atom. The molecule has 4 aromatic carbocycles. The summed E-state index contributed by atoms with van der Waals surface area (Å²) in [5.74, 6) is -0.501. The first-order valence-corrected chi connectivity index (χ1v) is 19.6. The fourth-order valence-electron chi connectivity index (χ4n) is 10.1. The Hall–Kier alpha value is -3.68. The number of hydrogen-bond donors (Lipinski definition) is 0. The number of nitrogens with zero attached hydrogens (tertiary/aromatic N) is 2. The van der Waals surface area contributed by atoms with Crippen LogP contribution in [0.3, 0.4) is 0 Å². The molecule has 8 rings (SSSR count). The van der Waals surface area contributed by atoms with Gasteiger partial charge in [0, 0.05) is 72.5 Å². The summed E-state index contributed by atoms with van der Waals surface area (Å²) in [5, 5.41) is 1.23. The molecule has 0 saturated carbocycles. The lowest BCUT2D eigenvalue weighted by Crippen LogP contribution is -2.58. The Kier molecular flexibility index (Phi) is 9.71. The number of carbonyl (C=O) groups excluding carboxylic acids is 2. The molecule has 4 unspecified atom stereocenters. The van der Waals surface area contributed by atoms with E-state index in [4.69, 9.17) is 32.7 Å². The number of halogens is 2. The number of ether oxygens (including phenoxy) is 2. The van der Waals surface area contributed by atoms with Crippen LogP contribution in [0.1, 0.15) is 83.2 Å². The molecular weight excluding hydrogens is 691 g/mol. The minimum Gasteiger partial charge on any atom is -0.458 e. The Bertz CT molecular complexity index is 1740. The van der Waals surface area contributed by atoms with Gasteiger partial charge in [-0.1, -0.05) is 71.7 Å². The van der Waals surface area contributed by atoms with Crippen LogP contribution < -0.4 is 0 Å². The molecule has 4 aromatic rings. The Morgan fingerprint density at radius 3 is 1.13 bits per heavy atom. The van der Waals surface area contributed by atoms with Crippen LogP contribution in [0.25, 0.3) is 11.1 Å². The van der Waals surface area contributed by atoms with E-state index in [9.17, 15) is 9.59 Å². The topological polar surface area (TPSA) is 52.6 Å². The highest BCUT2D eigenvalue weighted by Gasteiger charge is 2.53. The Balaban J connectivity index is 0.857. The van der Waals surface area contributed by atoms with E-state index in [2.05, 4.69) is 62.6 Å². The highest BCUT2D eigenvalue weighted by molar-refractivity contribution is 6.31. The predicted octanol–water partition coefficient (Wildman–Crippen LogP) is 9.65. The quantitative estimate of drug-likeness (QED) is 0.127. The van der Waals surface area contributed by atoms with Gasteiger partial charge < -0.3 is 18.4 Å². The number of benzene rings is 4. The fourth-order valence-corrected chi connectivity index (χ4v) is 10.4. The van der Waals surface area contributed by atoms with Crippen LogP contribution in [0.15, 0.2) is 97.1 Å². The van der Waals surface area contributed by atoms with Crippen LogP contribution in [-0.4, -0.2) is 71.4 Å².